The van der Waals surface area contributed by atoms with Crippen molar-refractivity contribution in [1.29, 1.82) is 0 Å². The average Bonchev–Trinajstić information content (AvgIpc) is 2.41. The van der Waals surface area contributed by atoms with E-state index in [9.17, 15) is 4.79 Å². The van der Waals surface area contributed by atoms with E-state index in [1.807, 2.05) is 13.8 Å². The number of nitrogens with one attached hydrogen (secondary N) is 2. The molecule has 0 radical (unpaired) electrons. The summed E-state index contributed by atoms with van der Waals surface area (Å²) in [5, 5.41) is 6.14. The van der Waals surface area contributed by atoms with Crippen molar-refractivity contribution in [1.82, 2.24) is 15.3 Å². The average molecular weight is 248 g/mol. The first-order valence-corrected chi connectivity index (χ1v) is 6.40. The Labute approximate surface area is 107 Å². The molecule has 5 heteroatoms. The lowest BCUT2D eigenvalue weighted by Crippen LogP contribution is -2.45. The lowest BCUT2D eigenvalue weighted by atomic mass is 9.74. The van der Waals surface area contributed by atoms with Crippen LogP contribution >= 0.6 is 0 Å². The minimum absolute atomic E-state index is 0.0117. The first-order chi connectivity index (χ1) is 8.60. The van der Waals surface area contributed by atoms with E-state index in [0.717, 1.165) is 25.9 Å². The number of carbonyl (C=O) groups is 1. The minimum Gasteiger partial charge on any atom is -0.316 e. The van der Waals surface area contributed by atoms with Gasteiger partial charge in [-0.05, 0) is 37.9 Å². The smallest absolute Gasteiger partial charge is 0.232 e. The molecule has 5 nitrogen and oxygen atoms in total. The number of hydrogen-bond donors (Lipinski definition) is 2. The molecule has 1 aromatic rings. The fraction of sp³-hybridized carbons (Fsp3) is 0.615. The van der Waals surface area contributed by atoms with E-state index in [-0.39, 0.29) is 5.91 Å². The van der Waals surface area contributed by atoms with Crippen LogP contribution in [-0.2, 0) is 4.79 Å². The Hall–Kier alpha value is -1.49. The monoisotopic (exact) mass is 248 g/mol. The van der Waals surface area contributed by atoms with Gasteiger partial charge >= 0.3 is 0 Å². The maximum Gasteiger partial charge on any atom is 0.232 e. The third kappa shape index (κ3) is 2.85. The van der Waals surface area contributed by atoms with Gasteiger partial charge in [0.25, 0.3) is 0 Å². The van der Waals surface area contributed by atoms with Crippen LogP contribution in [0.1, 0.15) is 26.7 Å². The van der Waals surface area contributed by atoms with Crippen molar-refractivity contribution in [2.24, 2.45) is 11.3 Å². The van der Waals surface area contributed by atoms with Gasteiger partial charge in [-0.15, -0.1) is 0 Å². The minimum atomic E-state index is -0.410. The van der Waals surface area contributed by atoms with Gasteiger partial charge in [0.2, 0.25) is 11.9 Å². The number of carbonyl (C=O) groups excluding carboxylic acids is 1. The van der Waals surface area contributed by atoms with Gasteiger partial charge in [0, 0.05) is 17.8 Å². The van der Waals surface area contributed by atoms with Crippen molar-refractivity contribution in [2.45, 2.75) is 26.7 Å². The summed E-state index contributed by atoms with van der Waals surface area (Å²) in [5.74, 6) is 0.719. The van der Waals surface area contributed by atoms with Gasteiger partial charge in [-0.1, -0.05) is 13.8 Å². The topological polar surface area (TPSA) is 66.9 Å². The molecule has 1 aromatic heterocycles. The number of piperidine rings is 1. The zero-order chi connectivity index (χ0) is 13.0. The predicted octanol–water partition coefficient (Wildman–Crippen LogP) is 1.44. The first kappa shape index (κ1) is 13.0. The van der Waals surface area contributed by atoms with Gasteiger partial charge in [0.05, 0.1) is 0 Å². The van der Waals surface area contributed by atoms with Crippen LogP contribution in [0.2, 0.25) is 0 Å². The van der Waals surface area contributed by atoms with Crippen LogP contribution in [-0.4, -0.2) is 29.0 Å². The summed E-state index contributed by atoms with van der Waals surface area (Å²) in [6.07, 6.45) is 5.46. The van der Waals surface area contributed by atoms with Crippen LogP contribution in [0.25, 0.3) is 0 Å². The van der Waals surface area contributed by atoms with E-state index in [0.29, 0.717) is 11.9 Å². The molecule has 0 spiro atoms. The van der Waals surface area contributed by atoms with Crippen molar-refractivity contribution in [2.75, 3.05) is 18.4 Å². The molecule has 18 heavy (non-hydrogen) atoms. The van der Waals surface area contributed by atoms with Crippen molar-refractivity contribution in [3.05, 3.63) is 18.5 Å². The lowest BCUT2D eigenvalue weighted by Gasteiger charge is -2.35. The van der Waals surface area contributed by atoms with Gasteiger partial charge < -0.3 is 5.32 Å². The quantitative estimate of drug-likeness (QED) is 0.849. The highest BCUT2D eigenvalue weighted by atomic mass is 16.2. The SMILES string of the molecule is CC(C)(C(=O)Nc1ncccn1)C1CCCNC1. The number of nitrogens with zero attached hydrogens (tertiary/aromatic N) is 2. The van der Waals surface area contributed by atoms with Crippen molar-refractivity contribution in [3.8, 4) is 0 Å². The molecule has 1 unspecified atom stereocenters. The zero-order valence-electron chi connectivity index (χ0n) is 10.9. The van der Waals surface area contributed by atoms with E-state index in [1.165, 1.54) is 0 Å². The number of hydrogen-bond acceptors (Lipinski definition) is 4. The summed E-state index contributed by atoms with van der Waals surface area (Å²) < 4.78 is 0. The van der Waals surface area contributed by atoms with Crippen LogP contribution in [0.15, 0.2) is 18.5 Å². The number of aromatic nitrogens is 2. The molecule has 0 aliphatic carbocycles. The van der Waals surface area contributed by atoms with Gasteiger partial charge in [0.1, 0.15) is 0 Å². The van der Waals surface area contributed by atoms with Crippen molar-refractivity contribution < 1.29 is 4.79 Å². The van der Waals surface area contributed by atoms with E-state index < -0.39 is 5.41 Å². The molecular formula is C13H20N4O. The third-order valence-corrected chi connectivity index (χ3v) is 3.69. The Kier molecular flexibility index (Phi) is 3.91. The summed E-state index contributed by atoms with van der Waals surface area (Å²) >= 11 is 0. The van der Waals surface area contributed by atoms with Gasteiger partial charge in [-0.2, -0.15) is 0 Å². The maximum atomic E-state index is 12.3. The molecular weight excluding hydrogens is 228 g/mol. The molecule has 2 N–H and O–H groups in total. The van der Waals surface area contributed by atoms with E-state index in [4.69, 9.17) is 0 Å². The van der Waals surface area contributed by atoms with Gasteiger partial charge in [-0.25, -0.2) is 9.97 Å². The molecule has 2 heterocycles. The molecule has 1 saturated heterocycles. The van der Waals surface area contributed by atoms with Crippen molar-refractivity contribution >= 4 is 11.9 Å². The summed E-state index contributed by atoms with van der Waals surface area (Å²) in [6, 6.07) is 1.73. The summed E-state index contributed by atoms with van der Waals surface area (Å²) in [4.78, 5) is 20.4. The largest absolute Gasteiger partial charge is 0.316 e. The lowest BCUT2D eigenvalue weighted by molar-refractivity contribution is -0.127. The second-order valence-electron chi connectivity index (χ2n) is 5.29. The van der Waals surface area contributed by atoms with Crippen molar-refractivity contribution in [3.63, 3.8) is 0 Å². The molecule has 0 bridgehead atoms. The zero-order valence-corrected chi connectivity index (χ0v) is 10.9. The fourth-order valence-electron chi connectivity index (χ4n) is 2.28. The Morgan fingerprint density at radius 1 is 1.44 bits per heavy atom. The van der Waals surface area contributed by atoms with Crippen LogP contribution in [0.4, 0.5) is 5.95 Å². The second kappa shape index (κ2) is 5.44. The highest BCUT2D eigenvalue weighted by molar-refractivity contribution is 5.93. The molecule has 1 atom stereocenters. The number of rotatable bonds is 3. The van der Waals surface area contributed by atoms with Gasteiger partial charge in [0.15, 0.2) is 0 Å². The molecule has 2 rings (SSSR count). The molecule has 0 aromatic carbocycles. The van der Waals surface area contributed by atoms with Crippen LogP contribution < -0.4 is 10.6 Å². The Bertz CT molecular complexity index is 399. The summed E-state index contributed by atoms with van der Waals surface area (Å²) in [6.45, 7) is 5.93. The third-order valence-electron chi connectivity index (χ3n) is 3.69. The van der Waals surface area contributed by atoms with Crippen LogP contribution in [0.3, 0.4) is 0 Å². The molecule has 0 saturated carbocycles. The number of anilines is 1. The normalized spacial score (nSPS) is 20.4. The predicted molar refractivity (Wildman–Crippen MR) is 70.0 cm³/mol. The maximum absolute atomic E-state index is 12.3. The van der Waals surface area contributed by atoms with E-state index in [1.54, 1.807) is 18.5 Å². The van der Waals surface area contributed by atoms with Gasteiger partial charge in [-0.3, -0.25) is 10.1 Å². The second-order valence-corrected chi connectivity index (χ2v) is 5.29. The highest BCUT2D eigenvalue weighted by Crippen LogP contribution is 2.32. The van der Waals surface area contributed by atoms with Crippen LogP contribution in [0.5, 0.6) is 0 Å². The molecule has 1 amide bonds. The van der Waals surface area contributed by atoms with E-state index >= 15 is 0 Å². The van der Waals surface area contributed by atoms with Crippen LogP contribution in [0, 0.1) is 11.3 Å². The Morgan fingerprint density at radius 2 is 2.17 bits per heavy atom. The number of amides is 1. The summed E-state index contributed by atoms with van der Waals surface area (Å²) in [7, 11) is 0. The Morgan fingerprint density at radius 3 is 2.78 bits per heavy atom. The Balaban J connectivity index is 2.02. The summed E-state index contributed by atoms with van der Waals surface area (Å²) in [5.41, 5.74) is -0.410. The first-order valence-electron chi connectivity index (χ1n) is 6.40. The standard InChI is InChI=1S/C13H20N4O/c1-13(2,10-5-3-6-14-9-10)11(18)17-12-15-7-4-8-16-12/h4,7-8,10,14H,3,5-6,9H2,1-2H3,(H,15,16,17,18). The molecule has 1 aliphatic heterocycles. The fourth-order valence-corrected chi connectivity index (χ4v) is 2.28. The highest BCUT2D eigenvalue weighted by Gasteiger charge is 2.37. The molecule has 1 aliphatic rings. The molecule has 98 valence electrons. The molecule has 1 fully saturated rings. The van der Waals surface area contributed by atoms with E-state index in [2.05, 4.69) is 20.6 Å².